The summed E-state index contributed by atoms with van der Waals surface area (Å²) in [6.07, 6.45) is -0.187. The van der Waals surface area contributed by atoms with Gasteiger partial charge in [0.2, 0.25) is 11.8 Å². The highest BCUT2D eigenvalue weighted by atomic mass is 16.5. The molecule has 2 amide bonds. The molecule has 134 valence electrons. The summed E-state index contributed by atoms with van der Waals surface area (Å²) in [4.78, 5) is 39.3. The Morgan fingerprint density at radius 2 is 2.00 bits per heavy atom. The number of hydrogen-bond donors (Lipinski definition) is 1. The van der Waals surface area contributed by atoms with Gasteiger partial charge in [0.1, 0.15) is 6.04 Å². The van der Waals surface area contributed by atoms with Gasteiger partial charge in [0.25, 0.3) is 0 Å². The van der Waals surface area contributed by atoms with Crippen molar-refractivity contribution in [3.8, 4) is 0 Å². The summed E-state index contributed by atoms with van der Waals surface area (Å²) >= 11 is 0. The van der Waals surface area contributed by atoms with Gasteiger partial charge in [-0.15, -0.1) is 0 Å². The molecule has 2 aliphatic rings. The van der Waals surface area contributed by atoms with E-state index in [4.69, 9.17) is 9.84 Å². The maximum Gasteiger partial charge on any atom is 0.334 e. The van der Waals surface area contributed by atoms with Crippen molar-refractivity contribution in [2.24, 2.45) is 0 Å². The maximum atomic E-state index is 12.9. The van der Waals surface area contributed by atoms with Crippen molar-refractivity contribution in [2.75, 3.05) is 19.7 Å². The number of aliphatic carboxylic acids is 1. The molecule has 7 heteroatoms. The Bertz CT molecular complexity index is 673. The Kier molecular flexibility index (Phi) is 5.03. The molecule has 0 radical (unpaired) electrons. The van der Waals surface area contributed by atoms with Crippen molar-refractivity contribution >= 4 is 17.8 Å². The van der Waals surface area contributed by atoms with Gasteiger partial charge in [-0.1, -0.05) is 29.8 Å². The quantitative estimate of drug-likeness (QED) is 0.871. The van der Waals surface area contributed by atoms with E-state index >= 15 is 0 Å². The van der Waals surface area contributed by atoms with Crippen LogP contribution in [0.4, 0.5) is 0 Å². The number of nitrogens with zero attached hydrogens (tertiary/aromatic N) is 2. The van der Waals surface area contributed by atoms with Crippen LogP contribution in [-0.2, 0) is 25.7 Å². The summed E-state index contributed by atoms with van der Waals surface area (Å²) in [7, 11) is 0. The zero-order valence-corrected chi connectivity index (χ0v) is 14.2. The van der Waals surface area contributed by atoms with Crippen molar-refractivity contribution < 1.29 is 24.2 Å². The van der Waals surface area contributed by atoms with Gasteiger partial charge in [-0.05, 0) is 18.9 Å². The molecule has 0 bridgehead atoms. The first-order valence-electron chi connectivity index (χ1n) is 8.44. The van der Waals surface area contributed by atoms with E-state index < -0.39 is 18.1 Å². The highest BCUT2D eigenvalue weighted by Crippen LogP contribution is 2.24. The minimum Gasteiger partial charge on any atom is -0.479 e. The van der Waals surface area contributed by atoms with Crippen LogP contribution < -0.4 is 0 Å². The minimum atomic E-state index is -1.07. The monoisotopic (exact) mass is 346 g/mol. The fourth-order valence-electron chi connectivity index (χ4n) is 3.29. The smallest absolute Gasteiger partial charge is 0.334 e. The molecule has 2 aliphatic heterocycles. The molecule has 2 heterocycles. The van der Waals surface area contributed by atoms with Crippen molar-refractivity contribution in [3.05, 3.63) is 35.4 Å². The van der Waals surface area contributed by atoms with E-state index in [0.717, 1.165) is 11.1 Å². The molecule has 0 aliphatic carbocycles. The van der Waals surface area contributed by atoms with Gasteiger partial charge in [-0.2, -0.15) is 0 Å². The molecule has 25 heavy (non-hydrogen) atoms. The number of carbonyl (C=O) groups excluding carboxylic acids is 2. The van der Waals surface area contributed by atoms with E-state index in [1.165, 1.54) is 4.90 Å². The first-order chi connectivity index (χ1) is 12.0. The van der Waals surface area contributed by atoms with Crippen LogP contribution in [0.2, 0.25) is 0 Å². The van der Waals surface area contributed by atoms with Crippen LogP contribution in [0.25, 0.3) is 0 Å². The van der Waals surface area contributed by atoms with E-state index in [9.17, 15) is 14.4 Å². The Morgan fingerprint density at radius 3 is 2.68 bits per heavy atom. The van der Waals surface area contributed by atoms with Crippen molar-refractivity contribution in [1.82, 2.24) is 9.80 Å². The summed E-state index contributed by atoms with van der Waals surface area (Å²) in [5.41, 5.74) is 2.11. The minimum absolute atomic E-state index is 0.0250. The number of morpholine rings is 1. The largest absolute Gasteiger partial charge is 0.479 e. The lowest BCUT2D eigenvalue weighted by Gasteiger charge is -2.34. The summed E-state index contributed by atoms with van der Waals surface area (Å²) in [5, 5.41) is 9.09. The number of carboxylic acid groups (broad SMARTS) is 1. The first kappa shape index (κ1) is 17.4. The van der Waals surface area contributed by atoms with E-state index in [1.807, 2.05) is 31.2 Å². The van der Waals surface area contributed by atoms with Crippen molar-refractivity contribution in [3.63, 3.8) is 0 Å². The summed E-state index contributed by atoms with van der Waals surface area (Å²) < 4.78 is 5.16. The molecule has 0 spiro atoms. The maximum absolute atomic E-state index is 12.9. The number of rotatable bonds is 4. The highest BCUT2D eigenvalue weighted by Gasteiger charge is 2.40. The Morgan fingerprint density at radius 1 is 1.28 bits per heavy atom. The highest BCUT2D eigenvalue weighted by molar-refractivity contribution is 5.91. The SMILES string of the molecule is Cc1ccc(CN2C(=O)CCC2C(=O)N2CCOC(C(=O)O)C2)cc1. The lowest BCUT2D eigenvalue weighted by Crippen LogP contribution is -2.54. The first-order valence-corrected chi connectivity index (χ1v) is 8.44. The molecule has 2 saturated heterocycles. The predicted molar refractivity (Wildman–Crippen MR) is 88.7 cm³/mol. The van der Waals surface area contributed by atoms with Crippen LogP contribution in [0.5, 0.6) is 0 Å². The molecule has 7 nitrogen and oxygen atoms in total. The molecule has 2 fully saturated rings. The second-order valence-electron chi connectivity index (χ2n) is 6.54. The average Bonchev–Trinajstić information content (AvgIpc) is 2.97. The van der Waals surface area contributed by atoms with E-state index in [1.54, 1.807) is 4.90 Å². The Balaban J connectivity index is 1.71. The van der Waals surface area contributed by atoms with Crippen molar-refractivity contribution in [1.29, 1.82) is 0 Å². The zero-order chi connectivity index (χ0) is 18.0. The third-order valence-corrected chi connectivity index (χ3v) is 4.74. The van der Waals surface area contributed by atoms with Crippen LogP contribution in [0.3, 0.4) is 0 Å². The fourth-order valence-corrected chi connectivity index (χ4v) is 3.29. The summed E-state index contributed by atoms with van der Waals surface area (Å²) in [5.74, 6) is -1.30. The number of carboxylic acids is 1. The van der Waals surface area contributed by atoms with E-state index in [-0.39, 0.29) is 25.0 Å². The summed E-state index contributed by atoms with van der Waals surface area (Å²) in [6.45, 7) is 2.96. The average molecular weight is 346 g/mol. The Hall–Kier alpha value is -2.41. The molecule has 3 rings (SSSR count). The zero-order valence-electron chi connectivity index (χ0n) is 14.2. The third kappa shape index (κ3) is 3.82. The van der Waals surface area contributed by atoms with Crippen molar-refractivity contribution in [2.45, 2.75) is 38.5 Å². The van der Waals surface area contributed by atoms with Gasteiger partial charge in [0.15, 0.2) is 6.10 Å². The van der Waals surface area contributed by atoms with Gasteiger partial charge in [0, 0.05) is 19.5 Å². The van der Waals surface area contributed by atoms with Gasteiger partial charge >= 0.3 is 5.97 Å². The molecular weight excluding hydrogens is 324 g/mol. The molecule has 1 aromatic carbocycles. The van der Waals surface area contributed by atoms with Crippen LogP contribution in [0.15, 0.2) is 24.3 Å². The molecule has 0 saturated carbocycles. The molecular formula is C18H22N2O5. The topological polar surface area (TPSA) is 87.2 Å². The molecule has 1 aromatic rings. The molecule has 0 aromatic heterocycles. The van der Waals surface area contributed by atoms with Gasteiger partial charge in [-0.25, -0.2) is 4.79 Å². The second-order valence-corrected chi connectivity index (χ2v) is 6.54. The number of ether oxygens (including phenoxy) is 1. The van der Waals surface area contributed by atoms with E-state index in [2.05, 4.69) is 0 Å². The Labute approximate surface area is 146 Å². The molecule has 2 unspecified atom stereocenters. The van der Waals surface area contributed by atoms with E-state index in [0.29, 0.717) is 25.9 Å². The lowest BCUT2D eigenvalue weighted by molar-refractivity contribution is -0.161. The van der Waals surface area contributed by atoms with Crippen LogP contribution in [-0.4, -0.2) is 64.5 Å². The van der Waals surface area contributed by atoms with Gasteiger partial charge in [-0.3, -0.25) is 9.59 Å². The number of carbonyl (C=O) groups is 3. The second kappa shape index (κ2) is 7.23. The fraction of sp³-hybridized carbons (Fsp3) is 0.500. The van der Waals surface area contributed by atoms with Crippen LogP contribution in [0, 0.1) is 6.92 Å². The number of amides is 2. The van der Waals surface area contributed by atoms with Crippen LogP contribution in [0.1, 0.15) is 24.0 Å². The lowest BCUT2D eigenvalue weighted by atomic mass is 10.1. The standard InChI is InChI=1S/C18H22N2O5/c1-12-2-4-13(5-3-12)10-20-14(6-7-16(20)21)17(22)19-8-9-25-15(11-19)18(23)24/h2-5,14-15H,6-11H2,1H3,(H,23,24). The number of aryl methyl sites for hydroxylation is 1. The molecule has 2 atom stereocenters. The third-order valence-electron chi connectivity index (χ3n) is 4.74. The van der Waals surface area contributed by atoms with Crippen LogP contribution >= 0.6 is 0 Å². The molecule has 1 N–H and O–H groups in total. The number of benzene rings is 1. The van der Waals surface area contributed by atoms with Gasteiger partial charge in [0.05, 0.1) is 13.2 Å². The summed E-state index contributed by atoms with van der Waals surface area (Å²) in [6, 6.07) is 7.34. The number of likely N-dealkylation sites (tertiary alicyclic amines) is 1. The normalized spacial score (nSPS) is 23.8. The number of hydrogen-bond acceptors (Lipinski definition) is 4. The predicted octanol–water partition coefficient (Wildman–Crippen LogP) is 0.798. The van der Waals surface area contributed by atoms with Gasteiger partial charge < -0.3 is 19.6 Å².